The first-order chi connectivity index (χ1) is 11.1. The summed E-state index contributed by atoms with van der Waals surface area (Å²) >= 11 is 1.32. The van der Waals surface area contributed by atoms with Gasteiger partial charge in [-0.1, -0.05) is 16.9 Å². The molecule has 0 aliphatic carbocycles. The van der Waals surface area contributed by atoms with Gasteiger partial charge in [0.25, 0.3) is 5.22 Å². The Hall–Kier alpha value is -2.29. The highest BCUT2D eigenvalue weighted by molar-refractivity contribution is 7.98. The third-order valence-electron chi connectivity index (χ3n) is 3.68. The lowest BCUT2D eigenvalue weighted by Gasteiger charge is -2.34. The van der Waals surface area contributed by atoms with Crippen LogP contribution in [0.2, 0.25) is 0 Å². The molecule has 1 aromatic heterocycles. The SMILES string of the molecule is CSc1nc(-c2ccc(N3CCN(C(=O)O)CC3)c(F)c2)no1. The van der Waals surface area contributed by atoms with Crippen LogP contribution in [0.15, 0.2) is 27.9 Å². The highest BCUT2D eigenvalue weighted by atomic mass is 32.2. The Morgan fingerprint density at radius 2 is 2.09 bits per heavy atom. The third-order valence-corrected chi connectivity index (χ3v) is 4.19. The lowest BCUT2D eigenvalue weighted by molar-refractivity contribution is 0.142. The largest absolute Gasteiger partial charge is 0.465 e. The van der Waals surface area contributed by atoms with Crippen LogP contribution in [0.3, 0.4) is 0 Å². The zero-order valence-corrected chi connectivity index (χ0v) is 13.2. The summed E-state index contributed by atoms with van der Waals surface area (Å²) in [5.41, 5.74) is 0.992. The Labute approximate surface area is 136 Å². The lowest BCUT2D eigenvalue weighted by Crippen LogP contribution is -2.48. The zero-order chi connectivity index (χ0) is 16.4. The van der Waals surface area contributed by atoms with Crippen molar-refractivity contribution in [2.24, 2.45) is 0 Å². The fraction of sp³-hybridized carbons (Fsp3) is 0.357. The number of anilines is 1. The molecule has 2 heterocycles. The average molecular weight is 338 g/mol. The minimum absolute atomic E-state index is 0.343. The van der Waals surface area contributed by atoms with Gasteiger partial charge in [0.1, 0.15) is 5.82 Å². The number of halogens is 1. The van der Waals surface area contributed by atoms with E-state index >= 15 is 0 Å². The summed E-state index contributed by atoms with van der Waals surface area (Å²) in [4.78, 5) is 18.2. The van der Waals surface area contributed by atoms with Gasteiger partial charge in [-0.2, -0.15) is 4.98 Å². The van der Waals surface area contributed by atoms with Gasteiger partial charge in [0.2, 0.25) is 5.82 Å². The van der Waals surface area contributed by atoms with Gasteiger partial charge in [-0.25, -0.2) is 9.18 Å². The molecular formula is C14H15FN4O3S. The van der Waals surface area contributed by atoms with Crippen LogP contribution >= 0.6 is 11.8 Å². The molecular weight excluding hydrogens is 323 g/mol. The number of hydrogen-bond acceptors (Lipinski definition) is 6. The minimum Gasteiger partial charge on any atom is -0.465 e. The van der Waals surface area contributed by atoms with Crippen LogP contribution in [0.25, 0.3) is 11.4 Å². The fourth-order valence-electron chi connectivity index (χ4n) is 2.45. The highest BCUT2D eigenvalue weighted by Crippen LogP contribution is 2.27. The molecule has 1 N–H and O–H groups in total. The first-order valence-electron chi connectivity index (χ1n) is 6.99. The first kappa shape index (κ1) is 15.6. The summed E-state index contributed by atoms with van der Waals surface area (Å²) in [6, 6.07) is 4.76. The van der Waals surface area contributed by atoms with E-state index in [4.69, 9.17) is 9.63 Å². The minimum atomic E-state index is -0.942. The molecule has 0 atom stereocenters. The van der Waals surface area contributed by atoms with Crippen LogP contribution < -0.4 is 4.90 Å². The molecule has 0 spiro atoms. The number of carboxylic acid groups (broad SMARTS) is 1. The first-order valence-corrected chi connectivity index (χ1v) is 8.21. The van der Waals surface area contributed by atoms with Gasteiger partial charge < -0.3 is 19.4 Å². The van der Waals surface area contributed by atoms with Crippen molar-refractivity contribution < 1.29 is 18.8 Å². The van der Waals surface area contributed by atoms with Crippen molar-refractivity contribution in [3.05, 3.63) is 24.0 Å². The smallest absolute Gasteiger partial charge is 0.407 e. The van der Waals surface area contributed by atoms with E-state index in [9.17, 15) is 9.18 Å². The number of piperazine rings is 1. The van der Waals surface area contributed by atoms with E-state index in [1.807, 2.05) is 11.2 Å². The second-order valence-corrected chi connectivity index (χ2v) is 5.77. The third kappa shape index (κ3) is 3.24. The fourth-order valence-corrected chi connectivity index (χ4v) is 2.74. The molecule has 7 nitrogen and oxygen atoms in total. The van der Waals surface area contributed by atoms with E-state index in [0.29, 0.717) is 48.5 Å². The summed E-state index contributed by atoms with van der Waals surface area (Å²) in [5, 5.41) is 13.2. The van der Waals surface area contributed by atoms with Gasteiger partial charge in [-0.05, 0) is 24.5 Å². The molecule has 1 aromatic carbocycles. The summed E-state index contributed by atoms with van der Waals surface area (Å²) in [6.45, 7) is 1.64. The number of rotatable bonds is 3. The predicted octanol–water partition coefficient (Wildman–Crippen LogP) is 2.40. The van der Waals surface area contributed by atoms with Crippen molar-refractivity contribution in [2.45, 2.75) is 5.22 Å². The normalized spacial score (nSPS) is 15.0. The molecule has 1 amide bonds. The molecule has 1 fully saturated rings. The molecule has 23 heavy (non-hydrogen) atoms. The Balaban J connectivity index is 1.76. The second-order valence-electron chi connectivity index (χ2n) is 5.01. The van der Waals surface area contributed by atoms with Crippen molar-refractivity contribution in [1.82, 2.24) is 15.0 Å². The summed E-state index contributed by atoms with van der Waals surface area (Å²) in [5.74, 6) is -0.0442. The Morgan fingerprint density at radius 3 is 2.65 bits per heavy atom. The number of amides is 1. The van der Waals surface area contributed by atoms with Gasteiger partial charge in [-0.15, -0.1) is 0 Å². The van der Waals surface area contributed by atoms with Crippen molar-refractivity contribution in [3.8, 4) is 11.4 Å². The summed E-state index contributed by atoms with van der Waals surface area (Å²) < 4.78 is 19.4. The number of thioether (sulfide) groups is 1. The molecule has 0 radical (unpaired) electrons. The van der Waals surface area contributed by atoms with Crippen LogP contribution in [-0.2, 0) is 0 Å². The van der Waals surface area contributed by atoms with Crippen molar-refractivity contribution >= 4 is 23.5 Å². The van der Waals surface area contributed by atoms with E-state index in [1.165, 1.54) is 22.7 Å². The molecule has 3 rings (SSSR count). The maximum absolute atomic E-state index is 14.4. The predicted molar refractivity (Wildman–Crippen MR) is 83.3 cm³/mol. The molecule has 2 aromatic rings. The Kier molecular flexibility index (Phi) is 4.37. The zero-order valence-electron chi connectivity index (χ0n) is 12.4. The lowest BCUT2D eigenvalue weighted by atomic mass is 10.1. The standard InChI is InChI=1S/C14H15FN4O3S/c1-23-13-16-12(17-22-13)9-2-3-11(10(15)8-9)18-4-6-19(7-5-18)14(20)21/h2-3,8H,4-7H2,1H3,(H,20,21). The van der Waals surface area contributed by atoms with Gasteiger partial charge in [0, 0.05) is 31.7 Å². The van der Waals surface area contributed by atoms with Gasteiger partial charge in [-0.3, -0.25) is 0 Å². The highest BCUT2D eigenvalue weighted by Gasteiger charge is 2.22. The number of hydrogen-bond donors (Lipinski definition) is 1. The number of benzene rings is 1. The van der Waals surface area contributed by atoms with Crippen LogP contribution in [0.1, 0.15) is 0 Å². The van der Waals surface area contributed by atoms with Gasteiger partial charge in [0.15, 0.2) is 0 Å². The van der Waals surface area contributed by atoms with Crippen LogP contribution in [0, 0.1) is 5.82 Å². The second kappa shape index (κ2) is 6.45. The molecule has 1 aliphatic heterocycles. The van der Waals surface area contributed by atoms with Crippen molar-refractivity contribution in [2.75, 3.05) is 37.3 Å². The average Bonchev–Trinajstić information content (AvgIpc) is 3.04. The molecule has 1 saturated heterocycles. The maximum Gasteiger partial charge on any atom is 0.407 e. The van der Waals surface area contributed by atoms with Gasteiger partial charge >= 0.3 is 6.09 Å². The van der Waals surface area contributed by atoms with Crippen LogP contribution in [0.4, 0.5) is 14.9 Å². The van der Waals surface area contributed by atoms with E-state index < -0.39 is 6.09 Å². The van der Waals surface area contributed by atoms with E-state index in [-0.39, 0.29) is 5.82 Å². The topological polar surface area (TPSA) is 82.7 Å². The van der Waals surface area contributed by atoms with Crippen molar-refractivity contribution in [1.29, 1.82) is 0 Å². The van der Waals surface area contributed by atoms with E-state index in [0.717, 1.165) is 0 Å². The Morgan fingerprint density at radius 1 is 1.35 bits per heavy atom. The molecule has 1 aliphatic rings. The molecule has 0 saturated carbocycles. The number of aromatic nitrogens is 2. The Bertz CT molecular complexity index is 716. The monoisotopic (exact) mass is 338 g/mol. The molecule has 9 heteroatoms. The van der Waals surface area contributed by atoms with Gasteiger partial charge in [0.05, 0.1) is 5.69 Å². The summed E-state index contributed by atoms with van der Waals surface area (Å²) in [7, 11) is 0. The molecule has 122 valence electrons. The molecule has 0 bridgehead atoms. The summed E-state index contributed by atoms with van der Waals surface area (Å²) in [6.07, 6.45) is 0.875. The quantitative estimate of drug-likeness (QED) is 0.860. The molecule has 0 unspecified atom stereocenters. The van der Waals surface area contributed by atoms with Crippen molar-refractivity contribution in [3.63, 3.8) is 0 Å². The van der Waals surface area contributed by atoms with Crippen LogP contribution in [-0.4, -0.2) is 58.7 Å². The number of nitrogens with zero attached hydrogens (tertiary/aromatic N) is 4. The maximum atomic E-state index is 14.4. The number of carbonyl (C=O) groups is 1. The van der Waals surface area contributed by atoms with E-state index in [1.54, 1.807) is 12.1 Å². The van der Waals surface area contributed by atoms with Crippen LogP contribution in [0.5, 0.6) is 0 Å². The van der Waals surface area contributed by atoms with E-state index in [2.05, 4.69) is 10.1 Å².